The number of hydrogen-bond donors (Lipinski definition) is 5. The summed E-state index contributed by atoms with van der Waals surface area (Å²) in [6, 6.07) is 17.4. The van der Waals surface area contributed by atoms with Gasteiger partial charge in [-0.1, -0.05) is 36.4 Å². The summed E-state index contributed by atoms with van der Waals surface area (Å²) in [7, 11) is 1.62. The van der Waals surface area contributed by atoms with Crippen LogP contribution in [0.15, 0.2) is 78.9 Å². The molecule has 16 nitrogen and oxygen atoms in total. The van der Waals surface area contributed by atoms with Crippen LogP contribution in [0.2, 0.25) is 0 Å². The zero-order valence-electron chi connectivity index (χ0n) is 43.2. The zero-order valence-corrected chi connectivity index (χ0v) is 43.2. The lowest BCUT2D eigenvalue weighted by molar-refractivity contribution is -0.144. The molecule has 4 aromatic carbocycles. The van der Waals surface area contributed by atoms with E-state index < -0.39 is 64.5 Å². The van der Waals surface area contributed by atoms with Gasteiger partial charge in [-0.25, -0.2) is 13.2 Å². The fraction of sp³-hybridized carbons (Fsp3) is 0.482. The molecule has 19 heteroatoms. The third-order valence-electron chi connectivity index (χ3n) is 15.8. The summed E-state index contributed by atoms with van der Waals surface area (Å²) < 4.78 is 55.5. The topological polar surface area (TPSA) is 177 Å². The lowest BCUT2D eigenvalue weighted by Gasteiger charge is -2.43. The van der Waals surface area contributed by atoms with Gasteiger partial charge >= 0.3 is 0 Å². The molecule has 4 aromatic rings. The van der Waals surface area contributed by atoms with Gasteiger partial charge in [0.25, 0.3) is 5.91 Å². The second-order valence-electron chi connectivity index (χ2n) is 21.0. The van der Waals surface area contributed by atoms with E-state index in [0.29, 0.717) is 81.2 Å². The quantitative estimate of drug-likeness (QED) is 0.110. The molecule has 0 aromatic heterocycles. The zero-order chi connectivity index (χ0) is 53.1. The average Bonchev–Trinajstić information content (AvgIpc) is 3.95. The molecule has 3 fully saturated rings. The standard InChI is InChI=1S/C56H68F3N9O7/c1-33-27-66(42(26-61-33)29-65-19-22-75-31-34(65)2)30-48(69)68-32-56(4,44-16-11-37(24-47(44)68)23-36-9-13-40(57)14-10-36)55(73)62-41-15-12-39-28-67(51(43(39)25-41)53(71)64-50-45(58)7-6-8-46(50)59)54(72)49(38-17-20-74-21-18-38)63-52(70)35(3)60-5/h6-16,24-25,33-35,38,42,49,51,60-61H,17-23,26-32H2,1-5H3,(H,62,73)(H,63,70)(H,64,71)/t33?,34?,35-,42+,49?,51?,56?/m0/s1. The van der Waals surface area contributed by atoms with Crippen molar-refractivity contribution in [3.05, 3.63) is 124 Å². The first-order chi connectivity index (χ1) is 36.0. The van der Waals surface area contributed by atoms with Crippen LogP contribution in [0.5, 0.6) is 0 Å². The maximum Gasteiger partial charge on any atom is 0.252 e. The highest BCUT2D eigenvalue weighted by Gasteiger charge is 2.49. The van der Waals surface area contributed by atoms with Gasteiger partial charge in [0, 0.05) is 82.0 Å². The van der Waals surface area contributed by atoms with Gasteiger partial charge in [-0.15, -0.1) is 0 Å². The summed E-state index contributed by atoms with van der Waals surface area (Å²) in [4.78, 5) is 80.5. The van der Waals surface area contributed by atoms with Crippen LogP contribution < -0.4 is 31.5 Å². The molecule has 3 saturated heterocycles. The highest BCUT2D eigenvalue weighted by atomic mass is 19.1. The van der Waals surface area contributed by atoms with Gasteiger partial charge in [0.2, 0.25) is 23.6 Å². The smallest absolute Gasteiger partial charge is 0.252 e. The van der Waals surface area contributed by atoms with Crippen molar-refractivity contribution in [1.29, 1.82) is 0 Å². The Bertz CT molecular complexity index is 2760. The lowest BCUT2D eigenvalue weighted by Crippen LogP contribution is -2.62. The van der Waals surface area contributed by atoms with Crippen molar-refractivity contribution in [2.75, 3.05) is 88.3 Å². The van der Waals surface area contributed by atoms with Crippen molar-refractivity contribution in [3.63, 3.8) is 0 Å². The largest absolute Gasteiger partial charge is 0.381 e. The normalized spacial score (nSPS) is 24.0. The molecule has 5 heterocycles. The molecule has 75 heavy (non-hydrogen) atoms. The Hall–Kier alpha value is -6.22. The third kappa shape index (κ3) is 11.6. The first-order valence-electron chi connectivity index (χ1n) is 26.0. The predicted octanol–water partition coefficient (Wildman–Crippen LogP) is 4.86. The van der Waals surface area contributed by atoms with E-state index in [9.17, 15) is 23.6 Å². The maximum atomic E-state index is 15.1. The monoisotopic (exact) mass is 1040 g/mol. The van der Waals surface area contributed by atoms with E-state index in [2.05, 4.69) is 50.2 Å². The van der Waals surface area contributed by atoms with E-state index in [1.807, 2.05) is 18.2 Å². The third-order valence-corrected chi connectivity index (χ3v) is 15.8. The Labute approximate surface area is 436 Å². The molecule has 0 aliphatic carbocycles. The molecule has 5 aliphatic heterocycles. The van der Waals surface area contributed by atoms with E-state index in [1.165, 1.54) is 23.1 Å². The summed E-state index contributed by atoms with van der Waals surface area (Å²) in [5, 5.41) is 14.9. The van der Waals surface area contributed by atoms with Crippen molar-refractivity contribution in [1.82, 2.24) is 30.7 Å². The number of benzene rings is 4. The average molecular weight is 1040 g/mol. The van der Waals surface area contributed by atoms with E-state index in [4.69, 9.17) is 9.47 Å². The van der Waals surface area contributed by atoms with Crippen LogP contribution in [0.1, 0.15) is 74.4 Å². The van der Waals surface area contributed by atoms with Gasteiger partial charge in [0.1, 0.15) is 35.2 Å². The molecule has 0 radical (unpaired) electrons. The summed E-state index contributed by atoms with van der Waals surface area (Å²) in [5.74, 6) is -5.22. The van der Waals surface area contributed by atoms with Gasteiger partial charge in [0.05, 0.1) is 31.2 Å². The SMILES string of the molecule is CN[C@@H](C)C(=O)NC(C(=O)N1Cc2ccc(NC(=O)C3(C)CN(C(=O)CN4CC(C)NC[C@@H]4CN4CCOCC4C)c4cc(Cc5ccc(F)cc5)ccc43)cc2C1C(=O)Nc1c(F)cccc1F)C1CCOCC1. The number of fused-ring (bicyclic) bond motifs is 2. The number of likely N-dealkylation sites (N-methyl/N-ethyl adjacent to an activating group) is 1. The summed E-state index contributed by atoms with van der Waals surface area (Å²) >= 11 is 0. The first kappa shape index (κ1) is 53.6. The number of piperazine rings is 1. The van der Waals surface area contributed by atoms with Crippen LogP contribution in [0, 0.1) is 23.4 Å². The fourth-order valence-electron chi connectivity index (χ4n) is 11.2. The molecular formula is C56H68F3N9O7. The minimum Gasteiger partial charge on any atom is -0.381 e. The number of carbonyl (C=O) groups is 5. The lowest BCUT2D eigenvalue weighted by atomic mass is 9.82. The van der Waals surface area contributed by atoms with Crippen molar-refractivity contribution in [2.45, 2.75) is 95.2 Å². The molecule has 5 amide bonds. The molecular weight excluding hydrogens is 968 g/mol. The summed E-state index contributed by atoms with van der Waals surface area (Å²) in [6.07, 6.45) is 1.38. The van der Waals surface area contributed by atoms with E-state index >= 15 is 13.6 Å². The van der Waals surface area contributed by atoms with Gasteiger partial charge in [-0.2, -0.15) is 0 Å². The number of rotatable bonds is 15. The van der Waals surface area contributed by atoms with Crippen LogP contribution >= 0.6 is 0 Å². The van der Waals surface area contributed by atoms with Crippen LogP contribution in [-0.4, -0.2) is 147 Å². The maximum absolute atomic E-state index is 15.1. The molecule has 9 rings (SSSR count). The number of hydrogen-bond acceptors (Lipinski definition) is 11. The van der Waals surface area contributed by atoms with E-state index in [-0.39, 0.29) is 61.1 Å². The van der Waals surface area contributed by atoms with Gasteiger partial charge in [0.15, 0.2) is 0 Å². The number of nitrogens with one attached hydrogen (secondary N) is 5. The number of anilines is 3. The number of nitrogens with zero attached hydrogens (tertiary/aromatic N) is 4. The minimum atomic E-state index is -1.44. The molecule has 5 unspecified atom stereocenters. The van der Waals surface area contributed by atoms with Gasteiger partial charge in [-0.05, 0) is 130 Å². The molecule has 5 aliphatic rings. The number of carbonyl (C=O) groups excluding carboxylic acids is 5. The first-order valence-corrected chi connectivity index (χ1v) is 26.0. The highest BCUT2D eigenvalue weighted by Crippen LogP contribution is 2.44. The molecule has 5 N–H and O–H groups in total. The highest BCUT2D eigenvalue weighted by molar-refractivity contribution is 6.07. The summed E-state index contributed by atoms with van der Waals surface area (Å²) in [5.41, 5.74) is 2.10. The fourth-order valence-corrected chi connectivity index (χ4v) is 11.2. The second kappa shape index (κ2) is 22.9. The number of amides is 5. The Kier molecular flexibility index (Phi) is 16.4. The van der Waals surface area contributed by atoms with Crippen LogP contribution in [0.3, 0.4) is 0 Å². The molecule has 0 spiro atoms. The summed E-state index contributed by atoms with van der Waals surface area (Å²) in [6.45, 7) is 12.7. The van der Waals surface area contributed by atoms with Crippen molar-refractivity contribution >= 4 is 46.6 Å². The molecule has 7 atom stereocenters. The Morgan fingerprint density at radius 1 is 0.867 bits per heavy atom. The van der Waals surface area contributed by atoms with Crippen LogP contribution in [-0.2, 0) is 51.8 Å². The van der Waals surface area contributed by atoms with Crippen molar-refractivity contribution in [2.24, 2.45) is 5.92 Å². The van der Waals surface area contributed by atoms with Crippen LogP contribution in [0.4, 0.5) is 30.2 Å². The van der Waals surface area contributed by atoms with E-state index in [1.54, 1.807) is 56.1 Å². The van der Waals surface area contributed by atoms with Crippen molar-refractivity contribution in [3.8, 4) is 0 Å². The molecule has 0 saturated carbocycles. The van der Waals surface area contributed by atoms with Crippen LogP contribution in [0.25, 0.3) is 0 Å². The second-order valence-corrected chi connectivity index (χ2v) is 21.0. The Balaban J connectivity index is 1.02. The van der Waals surface area contributed by atoms with E-state index in [0.717, 1.165) is 36.3 Å². The van der Waals surface area contributed by atoms with Gasteiger partial charge in [-0.3, -0.25) is 33.8 Å². The minimum absolute atomic E-state index is 0.0117. The Morgan fingerprint density at radius 3 is 2.32 bits per heavy atom. The number of morpholine rings is 1. The van der Waals surface area contributed by atoms with Crippen molar-refractivity contribution < 1.29 is 46.6 Å². The number of ether oxygens (including phenoxy) is 2. The molecule has 0 bridgehead atoms. The predicted molar refractivity (Wildman–Crippen MR) is 277 cm³/mol. The Morgan fingerprint density at radius 2 is 1.60 bits per heavy atom. The number of halogens is 3. The van der Waals surface area contributed by atoms with Gasteiger partial charge < -0.3 is 45.9 Å². The number of para-hydroxylation sites is 1. The molecule has 400 valence electrons.